The van der Waals surface area contributed by atoms with E-state index in [2.05, 4.69) is 33.4 Å². The first kappa shape index (κ1) is 24.5. The van der Waals surface area contributed by atoms with Gasteiger partial charge >= 0.3 is 12.1 Å². The van der Waals surface area contributed by atoms with Crippen LogP contribution in [0.25, 0.3) is 11.1 Å². The lowest BCUT2D eigenvalue weighted by Gasteiger charge is -2.25. The molecule has 7 nitrogen and oxygen atoms in total. The Morgan fingerprint density at radius 3 is 2.20 bits per heavy atom. The van der Waals surface area contributed by atoms with Crippen LogP contribution in [-0.4, -0.2) is 47.2 Å². The van der Waals surface area contributed by atoms with Crippen molar-refractivity contribution in [2.75, 3.05) is 18.5 Å². The van der Waals surface area contributed by atoms with Gasteiger partial charge in [0.2, 0.25) is 0 Å². The summed E-state index contributed by atoms with van der Waals surface area (Å²) in [5.41, 5.74) is 5.13. The number of rotatable bonds is 7. The molecule has 8 heteroatoms. The predicted molar refractivity (Wildman–Crippen MR) is 137 cm³/mol. The summed E-state index contributed by atoms with van der Waals surface area (Å²) in [6, 6.07) is 19.9. The molecule has 0 saturated heterocycles. The molecule has 3 aromatic rings. The maximum atomic E-state index is 12.9. The first-order chi connectivity index (χ1) is 16.8. The molecule has 0 aliphatic heterocycles. The summed E-state index contributed by atoms with van der Waals surface area (Å²) in [6.45, 7) is 3.57. The van der Waals surface area contributed by atoms with Crippen LogP contribution in [-0.2, 0) is 9.53 Å². The molecule has 3 aromatic carbocycles. The smallest absolute Gasteiger partial charge is 0.411 e. The van der Waals surface area contributed by atoms with Crippen LogP contribution in [0.2, 0.25) is 0 Å². The van der Waals surface area contributed by atoms with Crippen molar-refractivity contribution >= 4 is 39.6 Å². The van der Waals surface area contributed by atoms with Gasteiger partial charge in [-0.3, -0.25) is 10.1 Å². The summed E-state index contributed by atoms with van der Waals surface area (Å²) in [4.78, 5) is 38.2. The van der Waals surface area contributed by atoms with Crippen LogP contribution < -0.4 is 5.32 Å². The van der Waals surface area contributed by atoms with Crippen LogP contribution in [0.5, 0.6) is 0 Å². The number of halogens is 1. The number of nitrogens with zero attached hydrogens (tertiary/aromatic N) is 1. The van der Waals surface area contributed by atoms with Gasteiger partial charge in [0.15, 0.2) is 0 Å². The van der Waals surface area contributed by atoms with Gasteiger partial charge in [-0.15, -0.1) is 0 Å². The molecule has 0 radical (unpaired) electrons. The monoisotopic (exact) mass is 536 g/mol. The topological polar surface area (TPSA) is 95.9 Å². The Bertz CT molecular complexity index is 1250. The van der Waals surface area contributed by atoms with Crippen LogP contribution in [0.3, 0.4) is 0 Å². The molecule has 0 fully saturated rings. The number of carboxylic acid groups (broad SMARTS) is 1. The molecule has 1 atom stereocenters. The number of benzene rings is 3. The second-order valence-corrected chi connectivity index (χ2v) is 9.20. The Labute approximate surface area is 211 Å². The van der Waals surface area contributed by atoms with Gasteiger partial charge < -0.3 is 14.7 Å². The molecular weight excluding hydrogens is 512 g/mol. The fourth-order valence-corrected chi connectivity index (χ4v) is 4.92. The van der Waals surface area contributed by atoms with Gasteiger partial charge in [-0.1, -0.05) is 64.5 Å². The highest BCUT2D eigenvalue weighted by Crippen LogP contribution is 2.44. The number of carbonyl (C=O) groups is 3. The summed E-state index contributed by atoms with van der Waals surface area (Å²) >= 11 is 3.36. The van der Waals surface area contributed by atoms with Crippen LogP contribution in [0, 0.1) is 0 Å². The van der Waals surface area contributed by atoms with E-state index in [-0.39, 0.29) is 24.6 Å². The van der Waals surface area contributed by atoms with Crippen LogP contribution in [0.4, 0.5) is 10.5 Å². The van der Waals surface area contributed by atoms with E-state index in [4.69, 9.17) is 4.74 Å². The third-order valence-electron chi connectivity index (χ3n) is 6.16. The third kappa shape index (κ3) is 5.07. The average Bonchev–Trinajstić information content (AvgIpc) is 3.16. The van der Waals surface area contributed by atoms with Gasteiger partial charge in [0.1, 0.15) is 12.6 Å². The molecule has 35 heavy (non-hydrogen) atoms. The van der Waals surface area contributed by atoms with E-state index >= 15 is 0 Å². The van der Waals surface area contributed by atoms with Crippen LogP contribution in [0.1, 0.15) is 41.3 Å². The number of anilines is 1. The van der Waals surface area contributed by atoms with E-state index in [9.17, 15) is 19.5 Å². The molecule has 1 unspecified atom stereocenters. The quantitative estimate of drug-likeness (QED) is 0.401. The van der Waals surface area contributed by atoms with Gasteiger partial charge in [-0.25, -0.2) is 9.59 Å². The van der Waals surface area contributed by atoms with Crippen LogP contribution in [0.15, 0.2) is 71.2 Å². The Morgan fingerprint density at radius 1 is 1.03 bits per heavy atom. The highest BCUT2D eigenvalue weighted by atomic mass is 79.9. The second-order valence-electron chi connectivity index (χ2n) is 8.28. The summed E-state index contributed by atoms with van der Waals surface area (Å²) in [5.74, 6) is -1.60. The zero-order chi connectivity index (χ0) is 25.1. The zero-order valence-corrected chi connectivity index (χ0v) is 20.9. The fraction of sp³-hybridized carbons (Fsp3) is 0.222. The maximum Gasteiger partial charge on any atom is 0.411 e. The number of aliphatic carboxylic acids is 1. The highest BCUT2D eigenvalue weighted by molar-refractivity contribution is 9.10. The van der Waals surface area contributed by atoms with E-state index in [0.29, 0.717) is 10.2 Å². The lowest BCUT2D eigenvalue weighted by Crippen LogP contribution is -2.43. The maximum absolute atomic E-state index is 12.9. The summed E-state index contributed by atoms with van der Waals surface area (Å²) in [5, 5.41) is 12.0. The molecule has 0 heterocycles. The Hall–Kier alpha value is -3.65. The average molecular weight is 537 g/mol. The fourth-order valence-electron chi connectivity index (χ4n) is 4.43. The number of carbonyl (C=O) groups excluding carboxylic acids is 2. The molecule has 1 aliphatic carbocycles. The largest absolute Gasteiger partial charge is 0.480 e. The Balaban J connectivity index is 1.47. The Kier molecular flexibility index (Phi) is 7.21. The van der Waals surface area contributed by atoms with Gasteiger partial charge in [-0.2, -0.15) is 0 Å². The standard InChI is InChI=1S/C27H25BrN2O5/c1-3-30(16(2)26(32)33)25(31)17-12-18(28)14-19(13-17)29-27(34)35-15-24-22-10-6-4-8-20(22)21-9-5-7-11-23(21)24/h4-14,16,24H,3,15H2,1-2H3,(H,29,34)(H,32,33). The molecule has 1 aliphatic rings. The minimum Gasteiger partial charge on any atom is -0.480 e. The van der Waals surface area contributed by atoms with Crippen molar-refractivity contribution in [1.29, 1.82) is 0 Å². The van der Waals surface area contributed by atoms with E-state index < -0.39 is 24.0 Å². The molecule has 2 N–H and O–H groups in total. The number of amides is 2. The lowest BCUT2D eigenvalue weighted by atomic mass is 9.98. The van der Waals surface area contributed by atoms with E-state index in [1.54, 1.807) is 19.1 Å². The van der Waals surface area contributed by atoms with E-state index in [1.165, 1.54) is 17.9 Å². The number of nitrogens with one attached hydrogen (secondary N) is 1. The SMILES string of the molecule is CCN(C(=O)c1cc(Br)cc(NC(=O)OCC2c3ccccc3-c3ccccc32)c1)C(C)C(=O)O. The molecule has 0 aromatic heterocycles. The molecule has 0 bridgehead atoms. The number of ether oxygens (including phenoxy) is 1. The summed E-state index contributed by atoms with van der Waals surface area (Å²) in [6.07, 6.45) is -0.644. The summed E-state index contributed by atoms with van der Waals surface area (Å²) in [7, 11) is 0. The Morgan fingerprint density at radius 2 is 1.63 bits per heavy atom. The molecule has 180 valence electrons. The number of hydrogen-bond acceptors (Lipinski definition) is 4. The van der Waals surface area contributed by atoms with Gasteiger partial charge in [0.25, 0.3) is 5.91 Å². The molecular formula is C27H25BrN2O5. The van der Waals surface area contributed by atoms with Crippen molar-refractivity contribution < 1.29 is 24.2 Å². The molecule has 0 spiro atoms. The van der Waals surface area contributed by atoms with Crippen molar-refractivity contribution in [3.05, 3.63) is 87.9 Å². The van der Waals surface area contributed by atoms with Crippen molar-refractivity contribution in [3.63, 3.8) is 0 Å². The number of hydrogen-bond donors (Lipinski definition) is 2. The van der Waals surface area contributed by atoms with E-state index in [0.717, 1.165) is 22.3 Å². The number of likely N-dealkylation sites (N-methyl/N-ethyl adjacent to an activating group) is 1. The lowest BCUT2D eigenvalue weighted by molar-refractivity contribution is -0.141. The number of fused-ring (bicyclic) bond motifs is 3. The van der Waals surface area contributed by atoms with Crippen molar-refractivity contribution in [1.82, 2.24) is 4.90 Å². The molecule has 0 saturated carbocycles. The van der Waals surface area contributed by atoms with Crippen molar-refractivity contribution in [3.8, 4) is 11.1 Å². The van der Waals surface area contributed by atoms with Gasteiger partial charge in [0, 0.05) is 28.2 Å². The van der Waals surface area contributed by atoms with E-state index in [1.807, 2.05) is 36.4 Å². The summed E-state index contributed by atoms with van der Waals surface area (Å²) < 4.78 is 6.15. The zero-order valence-electron chi connectivity index (χ0n) is 19.3. The predicted octanol–water partition coefficient (Wildman–Crippen LogP) is 5.75. The highest BCUT2D eigenvalue weighted by Gasteiger charge is 2.29. The first-order valence-electron chi connectivity index (χ1n) is 11.3. The van der Waals surface area contributed by atoms with Crippen molar-refractivity contribution in [2.24, 2.45) is 0 Å². The third-order valence-corrected chi connectivity index (χ3v) is 6.62. The normalized spacial score (nSPS) is 12.9. The first-order valence-corrected chi connectivity index (χ1v) is 12.1. The van der Waals surface area contributed by atoms with Crippen molar-refractivity contribution in [2.45, 2.75) is 25.8 Å². The molecule has 2 amide bonds. The minimum atomic E-state index is -1.09. The molecule has 4 rings (SSSR count). The van der Waals surface area contributed by atoms with Gasteiger partial charge in [-0.05, 0) is 54.3 Å². The van der Waals surface area contributed by atoms with Gasteiger partial charge in [0.05, 0.1) is 0 Å². The van der Waals surface area contributed by atoms with Crippen LogP contribution >= 0.6 is 15.9 Å². The number of carboxylic acids is 1. The second kappa shape index (κ2) is 10.3. The minimum absolute atomic E-state index is 0.0663.